The largest absolute Gasteiger partial charge is 0.490 e. The first kappa shape index (κ1) is 25.1. The lowest BCUT2D eigenvalue weighted by Crippen LogP contribution is -2.17. The van der Waals surface area contributed by atoms with E-state index in [9.17, 15) is 4.79 Å². The van der Waals surface area contributed by atoms with Crippen LogP contribution < -0.4 is 19.6 Å². The van der Waals surface area contributed by atoms with Crippen LogP contribution in [0.25, 0.3) is 0 Å². The normalized spacial score (nSPS) is 10.7. The van der Waals surface area contributed by atoms with E-state index in [1.807, 2.05) is 31.2 Å². The molecule has 0 bridgehead atoms. The molecular weight excluding hydrogens is 475 g/mol. The summed E-state index contributed by atoms with van der Waals surface area (Å²) in [5.74, 6) is 1.28. The van der Waals surface area contributed by atoms with Crippen molar-refractivity contribution in [3.63, 3.8) is 0 Å². The average Bonchev–Trinajstić information content (AvgIpc) is 2.83. The number of amides is 1. The number of hydrogen-bond donors (Lipinski definition) is 1. The van der Waals surface area contributed by atoms with Crippen LogP contribution in [0.3, 0.4) is 0 Å². The maximum Gasteiger partial charge on any atom is 0.271 e. The van der Waals surface area contributed by atoms with Crippen LogP contribution in [0.4, 0.5) is 0 Å². The van der Waals surface area contributed by atoms with Gasteiger partial charge in [-0.1, -0.05) is 54.1 Å². The minimum absolute atomic E-state index is 0.294. The molecule has 8 heteroatoms. The molecule has 1 N–H and O–H groups in total. The van der Waals surface area contributed by atoms with E-state index < -0.39 is 0 Å². The monoisotopic (exact) mass is 498 g/mol. The number of benzene rings is 3. The Balaban J connectivity index is 1.61. The summed E-state index contributed by atoms with van der Waals surface area (Å²) in [4.78, 5) is 12.5. The Morgan fingerprint density at radius 1 is 1.03 bits per heavy atom. The Kier molecular flexibility index (Phi) is 9.38. The molecule has 0 unspecified atom stereocenters. The van der Waals surface area contributed by atoms with Gasteiger partial charge in [0.15, 0.2) is 11.5 Å². The van der Waals surface area contributed by atoms with Gasteiger partial charge in [-0.3, -0.25) is 4.79 Å². The summed E-state index contributed by atoms with van der Waals surface area (Å²) in [5.41, 5.74) is 4.49. The Bertz CT molecular complexity index is 1180. The van der Waals surface area contributed by atoms with Crippen molar-refractivity contribution in [1.82, 2.24) is 5.43 Å². The van der Waals surface area contributed by atoms with Crippen molar-refractivity contribution in [3.05, 3.63) is 100 Å². The van der Waals surface area contributed by atoms with Gasteiger partial charge in [-0.25, -0.2) is 5.43 Å². The number of nitrogens with one attached hydrogen (secondary N) is 1. The first-order valence-electron chi connectivity index (χ1n) is 10.5. The van der Waals surface area contributed by atoms with Gasteiger partial charge in [0.1, 0.15) is 19.0 Å². The number of carbonyl (C=O) groups is 1. The third-order valence-corrected chi connectivity index (χ3v) is 5.10. The molecule has 0 spiro atoms. The zero-order valence-electron chi connectivity index (χ0n) is 18.6. The Morgan fingerprint density at radius 2 is 1.88 bits per heavy atom. The van der Waals surface area contributed by atoms with Gasteiger partial charge in [-0.15, -0.1) is 0 Å². The van der Waals surface area contributed by atoms with Crippen molar-refractivity contribution in [1.29, 1.82) is 0 Å². The average molecular weight is 499 g/mol. The van der Waals surface area contributed by atoms with E-state index in [2.05, 4.69) is 17.1 Å². The van der Waals surface area contributed by atoms with Gasteiger partial charge in [0.2, 0.25) is 0 Å². The molecule has 0 fully saturated rings. The van der Waals surface area contributed by atoms with E-state index in [-0.39, 0.29) is 5.91 Å². The van der Waals surface area contributed by atoms with E-state index in [1.165, 1.54) is 6.21 Å². The third-order valence-electron chi connectivity index (χ3n) is 4.51. The lowest BCUT2D eigenvalue weighted by Gasteiger charge is -2.12. The topological polar surface area (TPSA) is 69.2 Å². The van der Waals surface area contributed by atoms with Gasteiger partial charge < -0.3 is 14.2 Å². The molecular formula is C26H24Cl2N2O4. The molecule has 0 aliphatic carbocycles. The number of carbonyl (C=O) groups excluding carboxylic acids is 1. The van der Waals surface area contributed by atoms with Crippen LogP contribution in [0, 0.1) is 0 Å². The number of halogens is 2. The molecule has 0 radical (unpaired) electrons. The first-order chi connectivity index (χ1) is 16.5. The quantitative estimate of drug-likeness (QED) is 0.191. The van der Waals surface area contributed by atoms with Gasteiger partial charge in [-0.2, -0.15) is 5.10 Å². The molecule has 0 atom stereocenters. The standard InChI is InChI=1S/C26H24Cl2N2O4/c1-3-12-33-24-11-9-19(14-25(24)32-4-2)26(31)30-29-16-18-6-5-7-22(13-18)34-17-20-8-10-21(27)15-23(20)28/h3,5-11,13-16H,1,4,12,17H2,2H3,(H,30,31)/b29-16+. The zero-order valence-corrected chi connectivity index (χ0v) is 20.1. The summed E-state index contributed by atoms with van der Waals surface area (Å²) in [6.45, 7) is 6.56. The minimum Gasteiger partial charge on any atom is -0.490 e. The Labute approximate surface area is 208 Å². The fourth-order valence-corrected chi connectivity index (χ4v) is 3.36. The molecule has 3 rings (SSSR count). The molecule has 0 aliphatic rings. The van der Waals surface area contributed by atoms with Crippen LogP contribution in [-0.4, -0.2) is 25.3 Å². The van der Waals surface area contributed by atoms with Crippen molar-refractivity contribution >= 4 is 35.3 Å². The second kappa shape index (κ2) is 12.7. The lowest BCUT2D eigenvalue weighted by atomic mass is 10.2. The number of nitrogens with zero attached hydrogens (tertiary/aromatic N) is 1. The summed E-state index contributed by atoms with van der Waals surface area (Å²) < 4.78 is 16.9. The number of ether oxygens (including phenoxy) is 3. The Hall–Kier alpha value is -3.48. The van der Waals surface area contributed by atoms with Gasteiger partial charge in [0, 0.05) is 21.2 Å². The molecule has 0 aromatic heterocycles. The highest BCUT2D eigenvalue weighted by Gasteiger charge is 2.11. The van der Waals surface area contributed by atoms with Crippen molar-refractivity contribution in [2.45, 2.75) is 13.5 Å². The van der Waals surface area contributed by atoms with Crippen LogP contribution in [0.15, 0.2) is 78.4 Å². The van der Waals surface area contributed by atoms with Gasteiger partial charge in [0.05, 0.1) is 12.8 Å². The fourth-order valence-electron chi connectivity index (χ4n) is 2.90. The maximum atomic E-state index is 12.5. The second-order valence-electron chi connectivity index (χ2n) is 6.99. The molecule has 1 amide bonds. The molecule has 6 nitrogen and oxygen atoms in total. The molecule has 3 aromatic carbocycles. The first-order valence-corrected chi connectivity index (χ1v) is 11.3. The zero-order chi connectivity index (χ0) is 24.3. The smallest absolute Gasteiger partial charge is 0.271 e. The molecule has 0 saturated carbocycles. The third kappa shape index (κ3) is 7.27. The maximum absolute atomic E-state index is 12.5. The molecule has 0 saturated heterocycles. The van der Waals surface area contributed by atoms with E-state index >= 15 is 0 Å². The van der Waals surface area contributed by atoms with E-state index in [0.29, 0.717) is 52.7 Å². The SMILES string of the molecule is C=CCOc1ccc(C(=O)N/N=C/c2cccc(OCc3ccc(Cl)cc3Cl)c2)cc1OCC. The highest BCUT2D eigenvalue weighted by atomic mass is 35.5. The van der Waals surface area contributed by atoms with Crippen LogP contribution in [-0.2, 0) is 6.61 Å². The van der Waals surface area contributed by atoms with Gasteiger partial charge in [0.25, 0.3) is 5.91 Å². The van der Waals surface area contributed by atoms with Crippen LogP contribution in [0.5, 0.6) is 17.2 Å². The summed E-state index contributed by atoms with van der Waals surface area (Å²) in [6.07, 6.45) is 3.17. The second-order valence-corrected chi connectivity index (χ2v) is 7.83. The molecule has 0 heterocycles. The van der Waals surface area contributed by atoms with Crippen molar-refractivity contribution in [3.8, 4) is 17.2 Å². The number of hydrogen-bond acceptors (Lipinski definition) is 5. The predicted octanol–water partition coefficient (Wildman–Crippen LogP) is 6.30. The summed E-state index contributed by atoms with van der Waals surface area (Å²) in [5, 5.41) is 5.16. The summed E-state index contributed by atoms with van der Waals surface area (Å²) >= 11 is 12.1. The predicted molar refractivity (Wildman–Crippen MR) is 136 cm³/mol. The highest BCUT2D eigenvalue weighted by molar-refractivity contribution is 6.35. The summed E-state index contributed by atoms with van der Waals surface area (Å²) in [7, 11) is 0. The Morgan fingerprint density at radius 3 is 2.65 bits per heavy atom. The van der Waals surface area contributed by atoms with Crippen LogP contribution >= 0.6 is 23.2 Å². The highest BCUT2D eigenvalue weighted by Crippen LogP contribution is 2.28. The van der Waals surface area contributed by atoms with Gasteiger partial charge in [-0.05, 0) is 55.0 Å². The van der Waals surface area contributed by atoms with E-state index in [0.717, 1.165) is 11.1 Å². The van der Waals surface area contributed by atoms with Crippen molar-refractivity contribution < 1.29 is 19.0 Å². The van der Waals surface area contributed by atoms with Crippen LogP contribution in [0.2, 0.25) is 10.0 Å². The number of hydrazone groups is 1. The molecule has 0 aliphatic heterocycles. The van der Waals surface area contributed by atoms with Crippen LogP contribution in [0.1, 0.15) is 28.4 Å². The van der Waals surface area contributed by atoms with Crippen molar-refractivity contribution in [2.75, 3.05) is 13.2 Å². The molecule has 34 heavy (non-hydrogen) atoms. The molecule has 176 valence electrons. The van der Waals surface area contributed by atoms with E-state index in [1.54, 1.807) is 42.5 Å². The van der Waals surface area contributed by atoms with Gasteiger partial charge >= 0.3 is 0 Å². The summed E-state index contributed by atoms with van der Waals surface area (Å²) in [6, 6.07) is 17.5. The number of rotatable bonds is 11. The van der Waals surface area contributed by atoms with E-state index in [4.69, 9.17) is 37.4 Å². The minimum atomic E-state index is -0.378. The fraction of sp³-hybridized carbons (Fsp3) is 0.154. The van der Waals surface area contributed by atoms with Crippen molar-refractivity contribution in [2.24, 2.45) is 5.10 Å². The molecule has 3 aromatic rings. The lowest BCUT2D eigenvalue weighted by molar-refractivity contribution is 0.0954.